The van der Waals surface area contributed by atoms with Crippen molar-refractivity contribution < 1.29 is 17.9 Å². The van der Waals surface area contributed by atoms with Crippen LogP contribution in [-0.4, -0.2) is 51.5 Å². The predicted molar refractivity (Wildman–Crippen MR) is 113 cm³/mol. The van der Waals surface area contributed by atoms with Gasteiger partial charge >= 0.3 is 0 Å². The minimum absolute atomic E-state index is 0.211. The number of morpholine rings is 1. The molecule has 0 spiro atoms. The number of hydrogen-bond acceptors (Lipinski definition) is 4. The first-order valence-electron chi connectivity index (χ1n) is 9.33. The quantitative estimate of drug-likeness (QED) is 0.680. The fraction of sp³-hybridized carbons (Fsp3) is 0.286. The first-order valence-corrected chi connectivity index (χ1v) is 11.2. The monoisotopic (exact) mass is 434 g/mol. The van der Waals surface area contributed by atoms with Gasteiger partial charge in [-0.05, 0) is 47.9 Å². The maximum atomic E-state index is 12.6. The van der Waals surface area contributed by atoms with Crippen molar-refractivity contribution in [1.82, 2.24) is 9.62 Å². The van der Waals surface area contributed by atoms with Gasteiger partial charge in [0.05, 0.1) is 18.1 Å². The number of carbonyl (C=O) groups is 1. The molecule has 0 atom stereocenters. The van der Waals surface area contributed by atoms with E-state index in [0.717, 1.165) is 11.1 Å². The molecule has 1 saturated heterocycles. The first kappa shape index (κ1) is 21.5. The average molecular weight is 435 g/mol. The second kappa shape index (κ2) is 10.0. The van der Waals surface area contributed by atoms with Gasteiger partial charge in [-0.1, -0.05) is 35.9 Å². The number of halogens is 1. The van der Waals surface area contributed by atoms with E-state index in [9.17, 15) is 13.2 Å². The van der Waals surface area contributed by atoms with Crippen LogP contribution in [-0.2, 0) is 26.0 Å². The molecule has 2 aromatic carbocycles. The van der Waals surface area contributed by atoms with Crippen molar-refractivity contribution in [2.75, 3.05) is 32.8 Å². The van der Waals surface area contributed by atoms with E-state index >= 15 is 0 Å². The van der Waals surface area contributed by atoms with Crippen molar-refractivity contribution in [2.45, 2.75) is 11.3 Å². The molecule has 1 fully saturated rings. The third kappa shape index (κ3) is 6.14. The lowest BCUT2D eigenvalue weighted by molar-refractivity contribution is -0.116. The van der Waals surface area contributed by atoms with Crippen LogP contribution in [0.2, 0.25) is 5.02 Å². The zero-order valence-corrected chi connectivity index (χ0v) is 17.5. The van der Waals surface area contributed by atoms with Gasteiger partial charge in [-0.2, -0.15) is 4.31 Å². The van der Waals surface area contributed by atoms with Crippen molar-refractivity contribution in [1.29, 1.82) is 0 Å². The molecule has 1 heterocycles. The van der Waals surface area contributed by atoms with Gasteiger partial charge in [-0.25, -0.2) is 8.42 Å². The summed E-state index contributed by atoms with van der Waals surface area (Å²) in [6.45, 7) is 2.04. The maximum absolute atomic E-state index is 12.6. The Labute approximate surface area is 176 Å². The summed E-state index contributed by atoms with van der Waals surface area (Å²) in [5.74, 6) is -0.211. The number of rotatable bonds is 7. The van der Waals surface area contributed by atoms with Crippen LogP contribution in [0.5, 0.6) is 0 Å². The Morgan fingerprint density at radius 3 is 2.55 bits per heavy atom. The fourth-order valence-electron chi connectivity index (χ4n) is 2.94. The fourth-order valence-corrected chi connectivity index (χ4v) is 4.56. The second-order valence-corrected chi connectivity index (χ2v) is 8.96. The van der Waals surface area contributed by atoms with Crippen molar-refractivity contribution in [3.8, 4) is 0 Å². The van der Waals surface area contributed by atoms with Crippen molar-refractivity contribution in [2.24, 2.45) is 0 Å². The molecule has 0 unspecified atom stereocenters. The minimum atomic E-state index is -3.51. The summed E-state index contributed by atoms with van der Waals surface area (Å²) < 4.78 is 31.8. The van der Waals surface area contributed by atoms with E-state index in [2.05, 4.69) is 5.32 Å². The van der Waals surface area contributed by atoms with E-state index in [1.807, 2.05) is 24.3 Å². The molecule has 6 nitrogen and oxygen atoms in total. The van der Waals surface area contributed by atoms with Gasteiger partial charge in [0.1, 0.15) is 0 Å². The molecular weight excluding hydrogens is 412 g/mol. The number of carbonyl (C=O) groups excluding carboxylic acids is 1. The van der Waals surface area contributed by atoms with Gasteiger partial charge in [0, 0.05) is 30.7 Å². The summed E-state index contributed by atoms with van der Waals surface area (Å²) in [5, 5.41) is 3.49. The van der Waals surface area contributed by atoms with Crippen LogP contribution < -0.4 is 5.32 Å². The molecule has 0 aliphatic carbocycles. The maximum Gasteiger partial charge on any atom is 0.244 e. The van der Waals surface area contributed by atoms with Gasteiger partial charge in [0.15, 0.2) is 0 Å². The molecule has 1 amide bonds. The zero-order chi connectivity index (χ0) is 20.7. The Morgan fingerprint density at radius 1 is 1.14 bits per heavy atom. The molecule has 1 aliphatic heterocycles. The van der Waals surface area contributed by atoms with Crippen LogP contribution in [0.25, 0.3) is 6.08 Å². The van der Waals surface area contributed by atoms with Crippen LogP contribution >= 0.6 is 11.6 Å². The molecule has 0 saturated carbocycles. The molecule has 3 rings (SSSR count). The van der Waals surface area contributed by atoms with Gasteiger partial charge in [0.25, 0.3) is 0 Å². The highest BCUT2D eigenvalue weighted by molar-refractivity contribution is 7.89. The summed E-state index contributed by atoms with van der Waals surface area (Å²) in [5.41, 5.74) is 1.80. The zero-order valence-electron chi connectivity index (χ0n) is 15.9. The Bertz CT molecular complexity index is 968. The molecule has 8 heteroatoms. The van der Waals surface area contributed by atoms with Crippen LogP contribution in [0.4, 0.5) is 0 Å². The van der Waals surface area contributed by atoms with Gasteiger partial charge < -0.3 is 10.1 Å². The number of sulfonamides is 1. The summed E-state index contributed by atoms with van der Waals surface area (Å²) in [7, 11) is -3.51. The summed E-state index contributed by atoms with van der Waals surface area (Å²) in [6.07, 6.45) is 3.78. The standard InChI is InChI=1S/C21H23ClN2O4S/c22-19-3-1-2-18(16-19)10-11-23-21(25)9-6-17-4-7-20(8-5-17)29(26,27)24-12-14-28-15-13-24/h1-9,16H,10-15H2,(H,23,25)/b9-6+. The topological polar surface area (TPSA) is 75.7 Å². The largest absolute Gasteiger partial charge is 0.379 e. The molecule has 29 heavy (non-hydrogen) atoms. The molecule has 2 aromatic rings. The van der Waals surface area contributed by atoms with E-state index in [4.69, 9.17) is 16.3 Å². The molecular formula is C21H23ClN2O4S. The Morgan fingerprint density at radius 2 is 1.86 bits per heavy atom. The van der Waals surface area contributed by atoms with Crippen LogP contribution in [0, 0.1) is 0 Å². The van der Waals surface area contributed by atoms with E-state index < -0.39 is 10.0 Å². The highest BCUT2D eigenvalue weighted by Crippen LogP contribution is 2.18. The number of nitrogens with zero attached hydrogens (tertiary/aromatic N) is 1. The van der Waals surface area contributed by atoms with E-state index in [0.29, 0.717) is 44.3 Å². The van der Waals surface area contributed by atoms with Crippen LogP contribution in [0.15, 0.2) is 59.5 Å². The van der Waals surface area contributed by atoms with E-state index in [-0.39, 0.29) is 10.8 Å². The summed E-state index contributed by atoms with van der Waals surface area (Å²) in [6, 6.07) is 14.0. The van der Waals surface area contributed by atoms with Crippen LogP contribution in [0.3, 0.4) is 0 Å². The lowest BCUT2D eigenvalue weighted by atomic mass is 10.1. The number of ether oxygens (including phenoxy) is 1. The highest BCUT2D eigenvalue weighted by atomic mass is 35.5. The van der Waals surface area contributed by atoms with Gasteiger partial charge in [-0.15, -0.1) is 0 Å². The van der Waals surface area contributed by atoms with E-state index in [1.165, 1.54) is 10.4 Å². The smallest absolute Gasteiger partial charge is 0.244 e. The number of benzene rings is 2. The lowest BCUT2D eigenvalue weighted by Gasteiger charge is -2.26. The summed E-state index contributed by atoms with van der Waals surface area (Å²) in [4.78, 5) is 12.2. The van der Waals surface area contributed by atoms with Crippen molar-refractivity contribution in [3.63, 3.8) is 0 Å². The number of amides is 1. The lowest BCUT2D eigenvalue weighted by Crippen LogP contribution is -2.40. The second-order valence-electron chi connectivity index (χ2n) is 6.59. The average Bonchev–Trinajstić information content (AvgIpc) is 2.73. The molecule has 0 aromatic heterocycles. The Balaban J connectivity index is 1.52. The van der Waals surface area contributed by atoms with Crippen LogP contribution in [0.1, 0.15) is 11.1 Å². The molecule has 0 bridgehead atoms. The van der Waals surface area contributed by atoms with Gasteiger partial charge in [-0.3, -0.25) is 4.79 Å². The van der Waals surface area contributed by atoms with Gasteiger partial charge in [0.2, 0.25) is 15.9 Å². The third-order valence-electron chi connectivity index (χ3n) is 4.52. The molecule has 154 valence electrons. The normalized spacial score (nSPS) is 15.5. The minimum Gasteiger partial charge on any atom is -0.379 e. The van der Waals surface area contributed by atoms with E-state index in [1.54, 1.807) is 30.3 Å². The molecule has 1 N–H and O–H groups in total. The highest BCUT2D eigenvalue weighted by Gasteiger charge is 2.25. The SMILES string of the molecule is O=C(/C=C/c1ccc(S(=O)(=O)N2CCOCC2)cc1)NCCc1cccc(Cl)c1. The Hall–Kier alpha value is -2.19. The Kier molecular flexibility index (Phi) is 7.44. The van der Waals surface area contributed by atoms with Crippen molar-refractivity contribution in [3.05, 3.63) is 70.8 Å². The third-order valence-corrected chi connectivity index (χ3v) is 6.66. The van der Waals surface area contributed by atoms with Crippen molar-refractivity contribution >= 4 is 33.6 Å². The first-order chi connectivity index (χ1) is 13.9. The number of hydrogen-bond donors (Lipinski definition) is 1. The number of nitrogens with one attached hydrogen (secondary N) is 1. The predicted octanol–water partition coefficient (Wildman–Crippen LogP) is 2.73. The molecule has 0 radical (unpaired) electrons. The summed E-state index contributed by atoms with van der Waals surface area (Å²) >= 11 is 5.94. The molecule has 1 aliphatic rings.